The summed E-state index contributed by atoms with van der Waals surface area (Å²) >= 11 is 6.21. The van der Waals surface area contributed by atoms with E-state index in [1.165, 1.54) is 23.1 Å². The van der Waals surface area contributed by atoms with Gasteiger partial charge in [-0.25, -0.2) is 4.98 Å². The van der Waals surface area contributed by atoms with Gasteiger partial charge in [0.2, 0.25) is 0 Å². The summed E-state index contributed by atoms with van der Waals surface area (Å²) in [4.78, 5) is 32.5. The lowest BCUT2D eigenvalue weighted by Gasteiger charge is -2.11. The van der Waals surface area contributed by atoms with E-state index in [1.807, 2.05) is 48.5 Å². The van der Waals surface area contributed by atoms with Crippen LogP contribution in [-0.4, -0.2) is 21.1 Å². The molecule has 146 valence electrons. The molecule has 0 saturated carbocycles. The molecule has 0 amide bonds. The number of para-hydroxylation sites is 1. The number of carbonyl (C=O) groups excluding carboxylic acids is 1. The maximum Gasteiger partial charge on any atom is 0.267 e. The molecule has 0 bridgehead atoms. The Kier molecular flexibility index (Phi) is 5.99. The molecule has 0 aliphatic carbocycles. The Morgan fingerprint density at radius 1 is 1.14 bits per heavy atom. The summed E-state index contributed by atoms with van der Waals surface area (Å²) in [5.74, 6) is 0.204. The van der Waals surface area contributed by atoms with Crippen LogP contribution in [0.2, 0.25) is 0 Å². The van der Waals surface area contributed by atoms with Crippen molar-refractivity contribution in [2.24, 2.45) is 0 Å². The molecule has 4 aromatic rings. The minimum Gasteiger partial charge on any atom is -0.293 e. The summed E-state index contributed by atoms with van der Waals surface area (Å²) in [6.07, 6.45) is 0.857. The van der Waals surface area contributed by atoms with Crippen LogP contribution in [0.4, 0.5) is 0 Å². The third-order valence-electron chi connectivity index (χ3n) is 4.45. The van der Waals surface area contributed by atoms with E-state index in [9.17, 15) is 9.59 Å². The van der Waals surface area contributed by atoms with Crippen LogP contribution in [0.5, 0.6) is 0 Å². The Balaban J connectivity index is 1.74. The Morgan fingerprint density at radius 3 is 2.55 bits per heavy atom. The van der Waals surface area contributed by atoms with E-state index in [-0.39, 0.29) is 17.1 Å². The molecule has 0 atom stereocenters. The van der Waals surface area contributed by atoms with Gasteiger partial charge in [0, 0.05) is 14.9 Å². The summed E-state index contributed by atoms with van der Waals surface area (Å²) in [6.45, 7) is 2.06. The van der Waals surface area contributed by atoms with Crippen LogP contribution in [0.3, 0.4) is 0 Å². The molecule has 29 heavy (non-hydrogen) atoms. The van der Waals surface area contributed by atoms with Crippen LogP contribution in [0.1, 0.15) is 22.2 Å². The van der Waals surface area contributed by atoms with Gasteiger partial charge in [-0.3, -0.25) is 14.2 Å². The highest BCUT2D eigenvalue weighted by Crippen LogP contribution is 2.27. The molecule has 0 N–H and O–H groups in total. The maximum absolute atomic E-state index is 13.3. The number of aryl methyl sites for hydroxylation is 1. The lowest BCUT2D eigenvalue weighted by atomic mass is 10.2. The maximum atomic E-state index is 13.3. The Morgan fingerprint density at radius 2 is 1.86 bits per heavy atom. The van der Waals surface area contributed by atoms with Crippen molar-refractivity contribution in [2.45, 2.75) is 18.5 Å². The van der Waals surface area contributed by atoms with E-state index in [4.69, 9.17) is 4.98 Å². The van der Waals surface area contributed by atoms with Crippen molar-refractivity contribution >= 4 is 55.0 Å². The monoisotopic (exact) mass is 484 g/mol. The van der Waals surface area contributed by atoms with Crippen LogP contribution in [0.25, 0.3) is 15.9 Å². The number of halogens is 1. The van der Waals surface area contributed by atoms with Crippen molar-refractivity contribution in [3.05, 3.63) is 85.9 Å². The van der Waals surface area contributed by atoms with E-state index < -0.39 is 0 Å². The molecule has 4 nitrogen and oxygen atoms in total. The topological polar surface area (TPSA) is 52.0 Å². The summed E-state index contributed by atoms with van der Waals surface area (Å²) < 4.78 is 2.53. The van der Waals surface area contributed by atoms with Gasteiger partial charge in [-0.15, -0.1) is 11.3 Å². The smallest absolute Gasteiger partial charge is 0.267 e. The normalized spacial score (nSPS) is 11.1. The molecule has 4 rings (SSSR count). The second-order valence-corrected chi connectivity index (χ2v) is 9.35. The van der Waals surface area contributed by atoms with Crippen molar-refractivity contribution in [2.75, 3.05) is 5.75 Å². The number of thioether (sulfide) groups is 1. The van der Waals surface area contributed by atoms with Gasteiger partial charge in [0.25, 0.3) is 5.56 Å². The number of hydrogen-bond acceptors (Lipinski definition) is 5. The van der Waals surface area contributed by atoms with Gasteiger partial charge >= 0.3 is 0 Å². The molecule has 0 aliphatic heterocycles. The molecule has 0 saturated heterocycles. The molecule has 7 heteroatoms. The predicted octanol–water partition coefficient (Wildman–Crippen LogP) is 5.75. The second kappa shape index (κ2) is 8.65. The van der Waals surface area contributed by atoms with Crippen LogP contribution in [0, 0.1) is 0 Å². The average molecular weight is 485 g/mol. The molecule has 2 aromatic carbocycles. The van der Waals surface area contributed by atoms with E-state index in [0.717, 1.165) is 26.3 Å². The number of carbonyl (C=O) groups is 1. The lowest BCUT2D eigenvalue weighted by molar-refractivity contribution is 0.102. The molecular formula is C22H17BrN2O2S2. The van der Waals surface area contributed by atoms with Crippen molar-refractivity contribution < 1.29 is 4.79 Å². The summed E-state index contributed by atoms with van der Waals surface area (Å²) in [5, 5.41) is 1.16. The van der Waals surface area contributed by atoms with Crippen LogP contribution in [-0.2, 0) is 6.42 Å². The van der Waals surface area contributed by atoms with Crippen molar-refractivity contribution in [3.63, 3.8) is 0 Å². The third kappa shape index (κ3) is 4.22. The summed E-state index contributed by atoms with van der Waals surface area (Å²) in [6, 6.07) is 18.6. The van der Waals surface area contributed by atoms with Gasteiger partial charge in [-0.2, -0.15) is 0 Å². The number of Topliss-reactive ketones (excluding diaryl/α,β-unsaturated/α-hetero) is 1. The Bertz CT molecular complexity index is 1230. The first-order valence-corrected chi connectivity index (χ1v) is 11.7. The zero-order chi connectivity index (χ0) is 20.4. The first kappa shape index (κ1) is 20.1. The van der Waals surface area contributed by atoms with Gasteiger partial charge in [-0.05, 0) is 36.8 Å². The van der Waals surface area contributed by atoms with Crippen molar-refractivity contribution in [3.8, 4) is 5.69 Å². The van der Waals surface area contributed by atoms with Crippen molar-refractivity contribution in [1.82, 2.24) is 9.55 Å². The molecular weight excluding hydrogens is 468 g/mol. The minimum atomic E-state index is -0.101. The van der Waals surface area contributed by atoms with Gasteiger partial charge in [0.05, 0.1) is 16.8 Å². The molecule has 0 radical (unpaired) electrons. The first-order valence-electron chi connectivity index (χ1n) is 9.09. The number of rotatable bonds is 6. The zero-order valence-electron chi connectivity index (χ0n) is 15.6. The fraction of sp³-hybridized carbons (Fsp3) is 0.136. The second-order valence-electron chi connectivity index (χ2n) is 6.37. The van der Waals surface area contributed by atoms with Gasteiger partial charge in [0.15, 0.2) is 10.9 Å². The summed E-state index contributed by atoms with van der Waals surface area (Å²) in [7, 11) is 0. The number of fused-ring (bicyclic) bond motifs is 1. The number of aromatic nitrogens is 2. The SMILES string of the molecule is CCc1cc2c(=O)n(-c3ccccc3)c(SCC(=O)c3ccc(Br)cc3)nc2s1. The highest BCUT2D eigenvalue weighted by atomic mass is 79.9. The largest absolute Gasteiger partial charge is 0.293 e. The number of ketones is 1. The molecule has 0 fully saturated rings. The molecule has 2 heterocycles. The van der Waals surface area contributed by atoms with E-state index in [2.05, 4.69) is 22.9 Å². The van der Waals surface area contributed by atoms with E-state index in [0.29, 0.717) is 16.1 Å². The van der Waals surface area contributed by atoms with Gasteiger partial charge < -0.3 is 0 Å². The predicted molar refractivity (Wildman–Crippen MR) is 124 cm³/mol. The summed E-state index contributed by atoms with van der Waals surface area (Å²) in [5.41, 5.74) is 1.28. The lowest BCUT2D eigenvalue weighted by Crippen LogP contribution is -2.21. The molecule has 0 unspecified atom stereocenters. The van der Waals surface area contributed by atoms with E-state index >= 15 is 0 Å². The minimum absolute atomic E-state index is 0.00288. The zero-order valence-corrected chi connectivity index (χ0v) is 18.8. The number of benzene rings is 2. The standard InChI is InChI=1S/C22H17BrN2O2S2/c1-2-17-12-18-20(29-17)24-22(25(21(18)27)16-6-4-3-5-7-16)28-13-19(26)14-8-10-15(23)11-9-14/h3-12H,2,13H2,1H3. The highest BCUT2D eigenvalue weighted by Gasteiger charge is 2.17. The third-order valence-corrected chi connectivity index (χ3v) is 7.09. The van der Waals surface area contributed by atoms with Gasteiger partial charge in [-0.1, -0.05) is 64.9 Å². The first-order chi connectivity index (χ1) is 14.1. The highest BCUT2D eigenvalue weighted by molar-refractivity contribution is 9.10. The van der Waals surface area contributed by atoms with Crippen molar-refractivity contribution in [1.29, 1.82) is 0 Å². The molecule has 0 spiro atoms. The van der Waals surface area contributed by atoms with Crippen LogP contribution in [0.15, 0.2) is 75.1 Å². The fourth-order valence-corrected chi connectivity index (χ4v) is 5.12. The number of nitrogens with zero attached hydrogens (tertiary/aromatic N) is 2. The Labute approximate surface area is 184 Å². The molecule has 0 aliphatic rings. The van der Waals surface area contributed by atoms with E-state index in [1.54, 1.807) is 16.7 Å². The molecule has 2 aromatic heterocycles. The Hall–Kier alpha value is -2.22. The van der Waals surface area contributed by atoms with Gasteiger partial charge in [0.1, 0.15) is 4.83 Å². The fourth-order valence-electron chi connectivity index (χ4n) is 2.94. The number of hydrogen-bond donors (Lipinski definition) is 0. The quantitative estimate of drug-likeness (QED) is 0.198. The van der Waals surface area contributed by atoms with Crippen LogP contribution >= 0.6 is 39.0 Å². The number of thiophene rings is 1. The van der Waals surface area contributed by atoms with Crippen LogP contribution < -0.4 is 5.56 Å². The average Bonchev–Trinajstić information content (AvgIpc) is 3.17.